The molecule has 134 valence electrons. The monoisotopic (exact) mass is 386 g/mol. The van der Waals surface area contributed by atoms with Crippen LogP contribution in [0.3, 0.4) is 0 Å². The van der Waals surface area contributed by atoms with Crippen LogP contribution >= 0.6 is 23.2 Å². The molecule has 4 heteroatoms. The zero-order chi connectivity index (χ0) is 18.5. The molecule has 1 N–H and O–H groups in total. The Bertz CT molecular complexity index is 768. The van der Waals surface area contributed by atoms with E-state index in [4.69, 9.17) is 23.2 Å². The van der Waals surface area contributed by atoms with Gasteiger partial charge in [-0.1, -0.05) is 54.4 Å². The van der Waals surface area contributed by atoms with Gasteiger partial charge in [0.15, 0.2) is 5.78 Å². The van der Waals surface area contributed by atoms with Crippen molar-refractivity contribution in [3.63, 3.8) is 0 Å². The molecule has 0 saturated carbocycles. The molecule has 0 aliphatic carbocycles. The Morgan fingerprint density at radius 3 is 1.65 bits per heavy atom. The van der Waals surface area contributed by atoms with Crippen molar-refractivity contribution in [2.75, 3.05) is 19.6 Å². The third-order valence-corrected chi connectivity index (χ3v) is 4.99. The maximum absolute atomic E-state index is 13.0. The molecule has 1 fully saturated rings. The first kappa shape index (κ1) is 18.9. The first-order valence-electron chi connectivity index (χ1n) is 8.85. The van der Waals surface area contributed by atoms with Crippen molar-refractivity contribution in [1.82, 2.24) is 0 Å². The van der Waals surface area contributed by atoms with E-state index in [9.17, 15) is 4.79 Å². The molecule has 1 saturated heterocycles. The zero-order valence-corrected chi connectivity index (χ0v) is 16.3. The molecule has 0 amide bonds. The van der Waals surface area contributed by atoms with Crippen molar-refractivity contribution in [3.05, 3.63) is 80.8 Å². The van der Waals surface area contributed by atoms with Crippen LogP contribution < -0.4 is 4.90 Å². The van der Waals surface area contributed by atoms with Crippen LogP contribution in [0.25, 0.3) is 12.2 Å². The maximum atomic E-state index is 13.0. The number of nitrogens with one attached hydrogen (secondary N) is 1. The second-order valence-electron chi connectivity index (χ2n) is 6.62. The second-order valence-corrected chi connectivity index (χ2v) is 7.50. The molecule has 1 aliphatic rings. The summed E-state index contributed by atoms with van der Waals surface area (Å²) in [6, 6.07) is 15.2. The van der Waals surface area contributed by atoms with Gasteiger partial charge in [-0.05, 0) is 54.0 Å². The topological polar surface area (TPSA) is 21.5 Å². The van der Waals surface area contributed by atoms with Gasteiger partial charge < -0.3 is 4.90 Å². The van der Waals surface area contributed by atoms with E-state index in [1.807, 2.05) is 60.7 Å². The van der Waals surface area contributed by atoms with Gasteiger partial charge in [-0.2, -0.15) is 0 Å². The van der Waals surface area contributed by atoms with Crippen molar-refractivity contribution in [1.29, 1.82) is 0 Å². The summed E-state index contributed by atoms with van der Waals surface area (Å²) in [7, 11) is 0. The van der Waals surface area contributed by atoms with Gasteiger partial charge in [-0.3, -0.25) is 4.79 Å². The van der Waals surface area contributed by atoms with Crippen LogP contribution in [0, 0.1) is 0 Å². The van der Waals surface area contributed by atoms with Gasteiger partial charge in [0.25, 0.3) is 0 Å². The zero-order valence-electron chi connectivity index (χ0n) is 14.8. The van der Waals surface area contributed by atoms with Gasteiger partial charge in [0, 0.05) is 10.0 Å². The summed E-state index contributed by atoms with van der Waals surface area (Å²) in [5, 5.41) is 1.40. The van der Waals surface area contributed by atoms with Gasteiger partial charge in [-0.25, -0.2) is 0 Å². The summed E-state index contributed by atoms with van der Waals surface area (Å²) >= 11 is 11.9. The third kappa shape index (κ3) is 4.85. The predicted octanol–water partition coefficient (Wildman–Crippen LogP) is 4.34. The first-order valence-corrected chi connectivity index (χ1v) is 9.61. The van der Waals surface area contributed by atoms with Crippen LogP contribution in [0.4, 0.5) is 0 Å². The smallest absolute Gasteiger partial charge is 0.196 e. The number of rotatable bonds is 4. The van der Waals surface area contributed by atoms with E-state index in [0.717, 1.165) is 48.3 Å². The highest BCUT2D eigenvalue weighted by atomic mass is 35.5. The van der Waals surface area contributed by atoms with Gasteiger partial charge in [0.1, 0.15) is 13.1 Å². The molecule has 1 aliphatic heterocycles. The van der Waals surface area contributed by atoms with E-state index in [-0.39, 0.29) is 5.78 Å². The Kier molecular flexibility index (Phi) is 6.31. The van der Waals surface area contributed by atoms with E-state index in [1.165, 1.54) is 4.90 Å². The summed E-state index contributed by atoms with van der Waals surface area (Å²) in [5.74, 6) is 0.134. The fraction of sp³-hybridized carbons (Fsp3) is 0.227. The SMILES string of the molecule is CCC[NH+]1C/C(=C/c2ccc(Cl)cc2)C(=O)/C(=C/c2ccc(Cl)cc2)C1. The highest BCUT2D eigenvalue weighted by Gasteiger charge is 2.28. The number of hydrogen-bond donors (Lipinski definition) is 1. The molecule has 1 atom stereocenters. The lowest BCUT2D eigenvalue weighted by Gasteiger charge is -2.26. The highest BCUT2D eigenvalue weighted by molar-refractivity contribution is 6.30. The number of likely N-dealkylation sites (tertiary alicyclic amines) is 1. The Morgan fingerprint density at radius 2 is 1.27 bits per heavy atom. The lowest BCUT2D eigenvalue weighted by atomic mass is 9.94. The molecular weight excluding hydrogens is 365 g/mol. The van der Waals surface area contributed by atoms with Crippen molar-refractivity contribution < 1.29 is 9.69 Å². The third-order valence-electron chi connectivity index (χ3n) is 4.49. The number of benzene rings is 2. The van der Waals surface area contributed by atoms with Crippen molar-refractivity contribution in [3.8, 4) is 0 Å². The molecule has 1 heterocycles. The number of quaternary nitrogens is 1. The Balaban J connectivity index is 1.93. The number of halogens is 2. The Labute approximate surface area is 164 Å². The summed E-state index contributed by atoms with van der Waals surface area (Å²) in [6.07, 6.45) is 5.07. The molecule has 3 rings (SSSR count). The minimum absolute atomic E-state index is 0.134. The molecule has 0 bridgehead atoms. The lowest BCUT2D eigenvalue weighted by molar-refractivity contribution is -0.891. The van der Waals surface area contributed by atoms with E-state index < -0.39 is 0 Å². The number of piperidine rings is 1. The minimum Gasteiger partial charge on any atom is -0.327 e. The first-order chi connectivity index (χ1) is 12.5. The Hall–Kier alpha value is -1.87. The molecule has 2 aromatic rings. The standard InChI is InChI=1S/C22H21Cl2NO/c1-2-11-25-14-18(12-16-3-7-20(23)8-4-16)22(26)19(15-25)13-17-5-9-21(24)10-6-17/h3-10,12-13H,2,11,14-15H2,1H3/p+1/b18-12-,19-13+. The normalized spacial score (nSPS) is 20.7. The van der Waals surface area contributed by atoms with Crippen LogP contribution in [0.1, 0.15) is 24.5 Å². The maximum Gasteiger partial charge on any atom is 0.196 e. The number of ketones is 1. The quantitative estimate of drug-likeness (QED) is 0.775. The number of hydrogen-bond acceptors (Lipinski definition) is 1. The van der Waals surface area contributed by atoms with Crippen LogP contribution in [0.2, 0.25) is 10.0 Å². The molecule has 2 nitrogen and oxygen atoms in total. The molecule has 1 unspecified atom stereocenters. The molecule has 26 heavy (non-hydrogen) atoms. The number of Topliss-reactive ketones (excluding diaryl/α,β-unsaturated/α-hetero) is 1. The summed E-state index contributed by atoms with van der Waals surface area (Å²) in [6.45, 7) is 4.73. The summed E-state index contributed by atoms with van der Waals surface area (Å²) in [5.41, 5.74) is 3.70. The van der Waals surface area contributed by atoms with E-state index >= 15 is 0 Å². The molecule has 0 aromatic heterocycles. The van der Waals surface area contributed by atoms with Gasteiger partial charge >= 0.3 is 0 Å². The van der Waals surface area contributed by atoms with Crippen molar-refractivity contribution in [2.45, 2.75) is 13.3 Å². The van der Waals surface area contributed by atoms with Gasteiger partial charge in [0.2, 0.25) is 0 Å². The van der Waals surface area contributed by atoms with Crippen molar-refractivity contribution in [2.24, 2.45) is 0 Å². The molecule has 0 radical (unpaired) electrons. The molecular formula is C22H22Cl2NO+. The number of carbonyl (C=O) groups excluding carboxylic acids is 1. The summed E-state index contributed by atoms with van der Waals surface area (Å²) < 4.78 is 0. The van der Waals surface area contributed by atoms with Crippen LogP contribution in [0.5, 0.6) is 0 Å². The fourth-order valence-corrected chi connectivity index (χ4v) is 3.50. The van der Waals surface area contributed by atoms with Gasteiger partial charge in [0.05, 0.1) is 17.7 Å². The largest absolute Gasteiger partial charge is 0.327 e. The van der Waals surface area contributed by atoms with Gasteiger partial charge in [-0.15, -0.1) is 0 Å². The van der Waals surface area contributed by atoms with Crippen LogP contribution in [0.15, 0.2) is 59.7 Å². The average Bonchev–Trinajstić information content (AvgIpc) is 2.63. The Morgan fingerprint density at radius 1 is 0.846 bits per heavy atom. The molecule has 2 aromatic carbocycles. The van der Waals surface area contributed by atoms with Crippen LogP contribution in [-0.2, 0) is 4.79 Å². The second kappa shape index (κ2) is 8.68. The van der Waals surface area contributed by atoms with E-state index in [1.54, 1.807) is 0 Å². The van der Waals surface area contributed by atoms with E-state index in [2.05, 4.69) is 6.92 Å². The van der Waals surface area contributed by atoms with Crippen LogP contribution in [-0.4, -0.2) is 25.4 Å². The fourth-order valence-electron chi connectivity index (χ4n) is 3.25. The summed E-state index contributed by atoms with van der Waals surface area (Å²) in [4.78, 5) is 14.4. The molecule has 0 spiro atoms. The average molecular weight is 387 g/mol. The lowest BCUT2D eigenvalue weighted by Crippen LogP contribution is -3.13. The highest BCUT2D eigenvalue weighted by Crippen LogP contribution is 2.18. The van der Waals surface area contributed by atoms with Crippen molar-refractivity contribution >= 4 is 41.1 Å². The number of carbonyl (C=O) groups is 1. The minimum atomic E-state index is 0.134. The predicted molar refractivity (Wildman–Crippen MR) is 110 cm³/mol. The van der Waals surface area contributed by atoms with E-state index in [0.29, 0.717) is 10.0 Å².